The number of fused-ring (bicyclic) bond motifs is 1. The summed E-state index contributed by atoms with van der Waals surface area (Å²) in [6, 6.07) is 1.85. The highest BCUT2D eigenvalue weighted by molar-refractivity contribution is 8.00. The van der Waals surface area contributed by atoms with Gasteiger partial charge in [-0.2, -0.15) is 0 Å². The van der Waals surface area contributed by atoms with Crippen LogP contribution in [0.2, 0.25) is 0 Å². The molecule has 0 aromatic carbocycles. The van der Waals surface area contributed by atoms with Gasteiger partial charge in [-0.05, 0) is 64.4 Å². The standard InChI is InChI=1S/C23H28N4O8S/c1-12(26-8-4-5-9-26)13-11-36-20-16(19(29)27(20)17(13)21(30)31)24-18(28)15(14-7-6-10-34-14)25-35-23(2,3)22(32)33/h6-7,10,12,16,20H,4-5,8-9,11H2,1-3H3,(H,24,28)(H,30,31)(H,32,33)/t12?,16-,20-/m1/s1. The maximum atomic E-state index is 13.1. The quantitative estimate of drug-likeness (QED) is 0.244. The lowest BCUT2D eigenvalue weighted by Crippen LogP contribution is -2.71. The van der Waals surface area contributed by atoms with E-state index in [1.54, 1.807) is 0 Å². The second-order valence-corrected chi connectivity index (χ2v) is 10.4. The summed E-state index contributed by atoms with van der Waals surface area (Å²) >= 11 is 1.38. The largest absolute Gasteiger partial charge is 0.478 e. The number of aliphatic carboxylic acids is 2. The van der Waals surface area contributed by atoms with Gasteiger partial charge in [0.1, 0.15) is 17.1 Å². The van der Waals surface area contributed by atoms with Gasteiger partial charge in [0, 0.05) is 11.8 Å². The molecular weight excluding hydrogens is 492 g/mol. The van der Waals surface area contributed by atoms with Crippen LogP contribution in [0.1, 0.15) is 39.4 Å². The summed E-state index contributed by atoms with van der Waals surface area (Å²) in [6.45, 7) is 6.26. The zero-order valence-electron chi connectivity index (χ0n) is 20.1. The Balaban J connectivity index is 1.54. The third kappa shape index (κ3) is 4.72. The second-order valence-electron chi connectivity index (χ2n) is 9.28. The van der Waals surface area contributed by atoms with E-state index in [9.17, 15) is 29.4 Å². The molecule has 3 aliphatic heterocycles. The molecule has 0 aliphatic carbocycles. The lowest BCUT2D eigenvalue weighted by molar-refractivity contribution is -0.161. The third-order valence-electron chi connectivity index (χ3n) is 6.53. The Morgan fingerprint density at radius 1 is 1.28 bits per heavy atom. The fraction of sp³-hybridized carbons (Fsp3) is 0.522. The van der Waals surface area contributed by atoms with E-state index in [4.69, 9.17) is 9.25 Å². The summed E-state index contributed by atoms with van der Waals surface area (Å²) in [5.41, 5.74) is -1.41. The molecule has 2 amide bonds. The molecule has 2 saturated heterocycles. The first-order valence-corrected chi connectivity index (χ1v) is 12.6. The lowest BCUT2D eigenvalue weighted by Gasteiger charge is -2.50. The maximum Gasteiger partial charge on any atom is 0.352 e. The van der Waals surface area contributed by atoms with Crippen molar-refractivity contribution in [2.45, 2.75) is 56.7 Å². The topological polar surface area (TPSA) is 162 Å². The number of thioether (sulfide) groups is 1. The summed E-state index contributed by atoms with van der Waals surface area (Å²) in [4.78, 5) is 58.2. The Kier molecular flexibility index (Phi) is 7.14. The normalized spacial score (nSPS) is 23.7. The van der Waals surface area contributed by atoms with Crippen molar-refractivity contribution in [3.8, 4) is 0 Å². The van der Waals surface area contributed by atoms with E-state index in [0.29, 0.717) is 11.3 Å². The molecule has 1 unspecified atom stereocenters. The van der Waals surface area contributed by atoms with Crippen molar-refractivity contribution in [1.82, 2.24) is 15.1 Å². The SMILES string of the molecule is CC(C1=C(C(=O)O)N2C(=O)[C@@H](NC(=O)C(=NOC(C)(C)C(=O)O)c3ccco3)[C@H]2SC1)N1CCCC1. The summed E-state index contributed by atoms with van der Waals surface area (Å²) in [7, 11) is 0. The first-order valence-electron chi connectivity index (χ1n) is 11.5. The number of furan rings is 1. The van der Waals surface area contributed by atoms with E-state index >= 15 is 0 Å². The molecule has 0 bridgehead atoms. The van der Waals surface area contributed by atoms with Crippen LogP contribution >= 0.6 is 11.8 Å². The van der Waals surface area contributed by atoms with E-state index in [0.717, 1.165) is 25.9 Å². The molecule has 3 aliphatic rings. The van der Waals surface area contributed by atoms with Gasteiger partial charge in [0.25, 0.3) is 11.8 Å². The number of nitrogens with zero attached hydrogens (tertiary/aromatic N) is 3. The minimum Gasteiger partial charge on any atom is -0.478 e. The smallest absolute Gasteiger partial charge is 0.352 e. The van der Waals surface area contributed by atoms with Crippen molar-refractivity contribution in [2.75, 3.05) is 18.8 Å². The highest BCUT2D eigenvalue weighted by Crippen LogP contribution is 2.42. The van der Waals surface area contributed by atoms with Crippen LogP contribution in [0.5, 0.6) is 0 Å². The molecule has 1 aromatic heterocycles. The number of carboxylic acid groups (broad SMARTS) is 2. The van der Waals surface area contributed by atoms with Crippen molar-refractivity contribution in [2.24, 2.45) is 5.16 Å². The zero-order chi connectivity index (χ0) is 26.2. The van der Waals surface area contributed by atoms with Gasteiger partial charge < -0.3 is 24.8 Å². The summed E-state index contributed by atoms with van der Waals surface area (Å²) in [5.74, 6) is -3.41. The molecule has 0 radical (unpaired) electrons. The first kappa shape index (κ1) is 25.8. The number of hydrogen-bond donors (Lipinski definition) is 3. The zero-order valence-corrected chi connectivity index (χ0v) is 20.9. The Labute approximate surface area is 211 Å². The molecular formula is C23H28N4O8S. The molecule has 0 saturated carbocycles. The molecule has 36 heavy (non-hydrogen) atoms. The predicted molar refractivity (Wildman–Crippen MR) is 128 cm³/mol. The average molecular weight is 521 g/mol. The molecule has 0 spiro atoms. The third-order valence-corrected chi connectivity index (χ3v) is 7.83. The second kappa shape index (κ2) is 9.97. The molecule has 4 rings (SSSR count). The van der Waals surface area contributed by atoms with E-state index in [1.165, 1.54) is 48.9 Å². The molecule has 3 N–H and O–H groups in total. The minimum absolute atomic E-state index is 0.0152. The van der Waals surface area contributed by atoms with Gasteiger partial charge in [0.15, 0.2) is 5.76 Å². The van der Waals surface area contributed by atoms with Gasteiger partial charge in [-0.3, -0.25) is 19.4 Å². The number of likely N-dealkylation sites (tertiary alicyclic amines) is 1. The number of rotatable bonds is 9. The Morgan fingerprint density at radius 2 is 1.97 bits per heavy atom. The van der Waals surface area contributed by atoms with Crippen LogP contribution in [0.15, 0.2) is 39.2 Å². The molecule has 13 heteroatoms. The highest BCUT2D eigenvalue weighted by Gasteiger charge is 2.55. The number of carbonyl (C=O) groups excluding carboxylic acids is 2. The van der Waals surface area contributed by atoms with Crippen molar-refractivity contribution in [1.29, 1.82) is 0 Å². The van der Waals surface area contributed by atoms with Crippen molar-refractivity contribution in [3.63, 3.8) is 0 Å². The van der Waals surface area contributed by atoms with Crippen LogP contribution < -0.4 is 5.32 Å². The molecule has 4 heterocycles. The van der Waals surface area contributed by atoms with Crippen LogP contribution in [0.3, 0.4) is 0 Å². The number of oxime groups is 1. The number of nitrogens with one attached hydrogen (secondary N) is 1. The number of amides is 2. The summed E-state index contributed by atoms with van der Waals surface area (Å²) in [6.07, 6.45) is 3.42. The van der Waals surface area contributed by atoms with Crippen LogP contribution in [-0.4, -0.2) is 91.4 Å². The Hall–Kier alpha value is -3.32. The fourth-order valence-electron chi connectivity index (χ4n) is 4.33. The Bertz CT molecular complexity index is 1120. The molecule has 3 atom stereocenters. The van der Waals surface area contributed by atoms with E-state index in [2.05, 4.69) is 15.4 Å². The van der Waals surface area contributed by atoms with Crippen molar-refractivity contribution in [3.05, 3.63) is 35.4 Å². The predicted octanol–water partition coefficient (Wildman–Crippen LogP) is 1.09. The monoisotopic (exact) mass is 520 g/mol. The summed E-state index contributed by atoms with van der Waals surface area (Å²) in [5, 5.41) is 24.9. The maximum absolute atomic E-state index is 13.1. The molecule has 1 aromatic rings. The highest BCUT2D eigenvalue weighted by atomic mass is 32.2. The number of β-lactam (4-membered cyclic amide) rings is 1. The minimum atomic E-state index is -1.72. The van der Waals surface area contributed by atoms with E-state index in [1.807, 2.05) is 6.92 Å². The van der Waals surface area contributed by atoms with Crippen molar-refractivity contribution < 1.29 is 38.6 Å². The van der Waals surface area contributed by atoms with Crippen LogP contribution in [0.4, 0.5) is 0 Å². The van der Waals surface area contributed by atoms with E-state index in [-0.39, 0.29) is 23.2 Å². The van der Waals surface area contributed by atoms with Gasteiger partial charge in [-0.1, -0.05) is 5.16 Å². The van der Waals surface area contributed by atoms with Gasteiger partial charge in [0.2, 0.25) is 11.3 Å². The average Bonchev–Trinajstić information content (AvgIpc) is 3.55. The van der Waals surface area contributed by atoms with Crippen LogP contribution in [0, 0.1) is 0 Å². The summed E-state index contributed by atoms with van der Waals surface area (Å²) < 4.78 is 5.24. The van der Waals surface area contributed by atoms with Gasteiger partial charge in [-0.25, -0.2) is 9.59 Å². The van der Waals surface area contributed by atoms with Crippen LogP contribution in [-0.2, 0) is 24.0 Å². The Morgan fingerprint density at radius 3 is 2.56 bits per heavy atom. The number of carbonyl (C=O) groups is 4. The number of carboxylic acids is 2. The number of hydrogen-bond acceptors (Lipinski definition) is 9. The van der Waals surface area contributed by atoms with Crippen LogP contribution in [0.25, 0.3) is 0 Å². The van der Waals surface area contributed by atoms with Gasteiger partial charge in [-0.15, -0.1) is 11.8 Å². The fourth-order valence-corrected chi connectivity index (χ4v) is 5.80. The molecule has 194 valence electrons. The molecule has 2 fully saturated rings. The van der Waals surface area contributed by atoms with E-state index < -0.39 is 40.8 Å². The van der Waals surface area contributed by atoms with Crippen molar-refractivity contribution >= 4 is 41.2 Å². The first-order chi connectivity index (χ1) is 17.0. The molecule has 12 nitrogen and oxygen atoms in total. The lowest BCUT2D eigenvalue weighted by atomic mass is 9.99. The van der Waals surface area contributed by atoms with Gasteiger partial charge in [0.05, 0.1) is 6.26 Å². The van der Waals surface area contributed by atoms with Gasteiger partial charge >= 0.3 is 11.9 Å².